The van der Waals surface area contributed by atoms with Crippen molar-refractivity contribution < 1.29 is 21.9 Å². The highest BCUT2D eigenvalue weighted by Crippen LogP contribution is 2.38. The van der Waals surface area contributed by atoms with Gasteiger partial charge in [-0.05, 0) is 54.2 Å². The normalized spacial score (nSPS) is 16.0. The number of hydrogen-bond donors (Lipinski definition) is 1. The molecule has 2 aromatic rings. The van der Waals surface area contributed by atoms with E-state index in [1.165, 1.54) is 30.7 Å². The maximum atomic E-state index is 12.8. The molecule has 0 amide bonds. The van der Waals surface area contributed by atoms with Gasteiger partial charge in [0.2, 0.25) is 10.0 Å². The quantitative estimate of drug-likeness (QED) is 0.820. The van der Waals surface area contributed by atoms with E-state index in [0.717, 1.165) is 31.2 Å². The fourth-order valence-electron chi connectivity index (χ4n) is 3.50. The Morgan fingerprint density at radius 2 is 1.77 bits per heavy atom. The summed E-state index contributed by atoms with van der Waals surface area (Å²) in [6, 6.07) is 11.1. The Labute approximate surface area is 152 Å². The molecule has 7 heteroatoms. The second-order valence-electron chi connectivity index (χ2n) is 6.54. The summed E-state index contributed by atoms with van der Waals surface area (Å²) in [4.78, 5) is -0.0685. The van der Waals surface area contributed by atoms with Crippen LogP contribution in [-0.2, 0) is 10.0 Å². The van der Waals surface area contributed by atoms with E-state index in [1.54, 1.807) is 6.07 Å². The zero-order valence-electron chi connectivity index (χ0n) is 14.2. The number of primary sulfonamides is 1. The SMILES string of the molecule is NS(=O)(=O)c1cccc(-c2cc(C3CCCCC3)ccc2OC(F)F)c1. The highest BCUT2D eigenvalue weighted by atomic mass is 32.2. The Bertz CT molecular complexity index is 878. The van der Waals surface area contributed by atoms with Gasteiger partial charge >= 0.3 is 6.61 Å². The van der Waals surface area contributed by atoms with Crippen LogP contribution in [0.1, 0.15) is 43.6 Å². The van der Waals surface area contributed by atoms with Crippen molar-refractivity contribution in [3.63, 3.8) is 0 Å². The summed E-state index contributed by atoms with van der Waals surface area (Å²) in [7, 11) is -3.89. The molecule has 2 N–H and O–H groups in total. The number of alkyl halides is 2. The molecule has 140 valence electrons. The predicted octanol–water partition coefficient (Wildman–Crippen LogP) is 4.65. The smallest absolute Gasteiger partial charge is 0.387 e. The second-order valence-corrected chi connectivity index (χ2v) is 8.10. The summed E-state index contributed by atoms with van der Waals surface area (Å²) in [5.41, 5.74) is 1.98. The lowest BCUT2D eigenvalue weighted by atomic mass is 9.83. The van der Waals surface area contributed by atoms with Gasteiger partial charge in [-0.1, -0.05) is 37.5 Å². The van der Waals surface area contributed by atoms with Crippen molar-refractivity contribution in [1.82, 2.24) is 0 Å². The minimum Gasteiger partial charge on any atom is -0.434 e. The minimum absolute atomic E-state index is 0.0196. The summed E-state index contributed by atoms with van der Waals surface area (Å²) in [6.45, 7) is -2.96. The number of benzene rings is 2. The number of sulfonamides is 1. The van der Waals surface area contributed by atoms with Gasteiger partial charge in [0.15, 0.2) is 0 Å². The minimum atomic E-state index is -3.89. The van der Waals surface area contributed by atoms with Crippen LogP contribution >= 0.6 is 0 Å². The molecule has 3 rings (SSSR count). The van der Waals surface area contributed by atoms with E-state index < -0.39 is 16.6 Å². The average Bonchev–Trinajstić information content (AvgIpc) is 2.62. The third-order valence-corrected chi connectivity index (χ3v) is 5.68. The Balaban J connectivity index is 2.07. The Morgan fingerprint density at radius 1 is 1.04 bits per heavy atom. The molecular weight excluding hydrogens is 360 g/mol. The van der Waals surface area contributed by atoms with Crippen LogP contribution in [0.15, 0.2) is 47.4 Å². The van der Waals surface area contributed by atoms with Gasteiger partial charge in [-0.2, -0.15) is 8.78 Å². The maximum Gasteiger partial charge on any atom is 0.387 e. The van der Waals surface area contributed by atoms with Crippen molar-refractivity contribution >= 4 is 10.0 Å². The summed E-state index contributed by atoms with van der Waals surface area (Å²) < 4.78 is 53.5. The topological polar surface area (TPSA) is 69.4 Å². The monoisotopic (exact) mass is 381 g/mol. The van der Waals surface area contributed by atoms with Crippen molar-refractivity contribution in [2.45, 2.75) is 49.5 Å². The third kappa shape index (κ3) is 4.40. The molecule has 0 spiro atoms. The van der Waals surface area contributed by atoms with E-state index >= 15 is 0 Å². The Morgan fingerprint density at radius 3 is 2.42 bits per heavy atom. The molecular formula is C19H21F2NO3S. The van der Waals surface area contributed by atoms with Gasteiger partial charge in [0.25, 0.3) is 0 Å². The first kappa shape index (κ1) is 18.8. The lowest BCUT2D eigenvalue weighted by molar-refractivity contribution is -0.0494. The molecule has 26 heavy (non-hydrogen) atoms. The van der Waals surface area contributed by atoms with Crippen molar-refractivity contribution in [1.29, 1.82) is 0 Å². The molecule has 1 saturated carbocycles. The predicted molar refractivity (Wildman–Crippen MR) is 95.7 cm³/mol. The van der Waals surface area contributed by atoms with Gasteiger partial charge in [0.1, 0.15) is 5.75 Å². The molecule has 0 radical (unpaired) electrons. The van der Waals surface area contributed by atoms with Crippen LogP contribution in [0.2, 0.25) is 0 Å². The molecule has 0 heterocycles. The van der Waals surface area contributed by atoms with Gasteiger partial charge in [-0.3, -0.25) is 0 Å². The molecule has 4 nitrogen and oxygen atoms in total. The van der Waals surface area contributed by atoms with E-state index in [-0.39, 0.29) is 10.6 Å². The van der Waals surface area contributed by atoms with Crippen molar-refractivity contribution in [2.24, 2.45) is 5.14 Å². The van der Waals surface area contributed by atoms with E-state index in [2.05, 4.69) is 4.74 Å². The molecule has 0 bridgehead atoms. The molecule has 0 saturated heterocycles. The standard InChI is InChI=1S/C19H21F2NO3S/c20-19(21)25-18-10-9-14(13-5-2-1-3-6-13)12-17(18)15-7-4-8-16(11-15)26(22,23)24/h4,7-13,19H,1-3,5-6H2,(H2,22,23,24). The van der Waals surface area contributed by atoms with Gasteiger partial charge in [0, 0.05) is 5.56 Å². The fourth-order valence-corrected chi connectivity index (χ4v) is 4.06. The molecule has 1 aliphatic rings. The first-order valence-electron chi connectivity index (χ1n) is 8.56. The summed E-state index contributed by atoms with van der Waals surface area (Å²) >= 11 is 0. The van der Waals surface area contributed by atoms with Gasteiger partial charge in [-0.15, -0.1) is 0 Å². The average molecular weight is 381 g/mol. The van der Waals surface area contributed by atoms with E-state index in [0.29, 0.717) is 17.0 Å². The Hall–Kier alpha value is -1.99. The highest BCUT2D eigenvalue weighted by Gasteiger charge is 2.19. The molecule has 0 aromatic heterocycles. The maximum absolute atomic E-state index is 12.8. The molecule has 0 atom stereocenters. The number of rotatable bonds is 5. The summed E-state index contributed by atoms with van der Waals surface area (Å²) in [5, 5.41) is 5.19. The summed E-state index contributed by atoms with van der Waals surface area (Å²) in [6.07, 6.45) is 5.64. The number of nitrogens with two attached hydrogens (primary N) is 1. The van der Waals surface area contributed by atoms with Crippen LogP contribution in [0, 0.1) is 0 Å². The first-order chi connectivity index (χ1) is 12.3. The first-order valence-corrected chi connectivity index (χ1v) is 10.1. The number of ether oxygens (including phenoxy) is 1. The second kappa shape index (κ2) is 7.72. The van der Waals surface area contributed by atoms with Crippen LogP contribution in [0.25, 0.3) is 11.1 Å². The van der Waals surface area contributed by atoms with Crippen LogP contribution < -0.4 is 9.88 Å². The van der Waals surface area contributed by atoms with Crippen molar-refractivity contribution in [2.75, 3.05) is 0 Å². The number of hydrogen-bond acceptors (Lipinski definition) is 3. The molecule has 1 fully saturated rings. The molecule has 0 unspecified atom stereocenters. The van der Waals surface area contributed by atoms with E-state index in [9.17, 15) is 17.2 Å². The van der Waals surface area contributed by atoms with Gasteiger partial charge < -0.3 is 4.74 Å². The van der Waals surface area contributed by atoms with E-state index in [1.807, 2.05) is 12.1 Å². The Kier molecular flexibility index (Phi) is 5.58. The lowest BCUT2D eigenvalue weighted by Gasteiger charge is -2.23. The molecule has 1 aliphatic carbocycles. The highest BCUT2D eigenvalue weighted by molar-refractivity contribution is 7.89. The van der Waals surface area contributed by atoms with E-state index in [4.69, 9.17) is 5.14 Å². The largest absolute Gasteiger partial charge is 0.434 e. The van der Waals surface area contributed by atoms with Gasteiger partial charge in [-0.25, -0.2) is 13.6 Å². The zero-order valence-corrected chi connectivity index (χ0v) is 15.0. The molecule has 0 aliphatic heterocycles. The van der Waals surface area contributed by atoms with Crippen LogP contribution in [0.3, 0.4) is 0 Å². The summed E-state index contributed by atoms with van der Waals surface area (Å²) in [5.74, 6) is 0.399. The van der Waals surface area contributed by atoms with Crippen LogP contribution in [0.4, 0.5) is 8.78 Å². The lowest BCUT2D eigenvalue weighted by Crippen LogP contribution is -2.12. The van der Waals surface area contributed by atoms with Crippen molar-refractivity contribution in [3.8, 4) is 16.9 Å². The van der Waals surface area contributed by atoms with Crippen molar-refractivity contribution in [3.05, 3.63) is 48.0 Å². The third-order valence-electron chi connectivity index (χ3n) is 4.77. The zero-order chi connectivity index (χ0) is 18.7. The fraction of sp³-hybridized carbons (Fsp3) is 0.368. The number of halogens is 2. The van der Waals surface area contributed by atoms with Crippen LogP contribution in [-0.4, -0.2) is 15.0 Å². The van der Waals surface area contributed by atoms with Gasteiger partial charge in [0.05, 0.1) is 4.90 Å². The van der Waals surface area contributed by atoms with Crippen LogP contribution in [0.5, 0.6) is 5.75 Å². The molecule has 2 aromatic carbocycles.